The van der Waals surface area contributed by atoms with E-state index in [9.17, 15) is 22.8 Å². The number of benzene rings is 2. The number of esters is 1. The van der Waals surface area contributed by atoms with Crippen LogP contribution in [0.3, 0.4) is 0 Å². The number of sulfonamides is 1. The van der Waals surface area contributed by atoms with Gasteiger partial charge in [-0.25, -0.2) is 22.9 Å². The van der Waals surface area contributed by atoms with E-state index in [1.165, 1.54) is 42.0 Å². The molecule has 1 aromatic heterocycles. The third-order valence-corrected chi connectivity index (χ3v) is 6.69. The van der Waals surface area contributed by atoms with Gasteiger partial charge in [-0.15, -0.1) is 0 Å². The number of aryl methyl sites for hydroxylation is 1. The zero-order valence-corrected chi connectivity index (χ0v) is 21.3. The summed E-state index contributed by atoms with van der Waals surface area (Å²) in [6, 6.07) is 17.9. The molecule has 0 radical (unpaired) electrons. The molecule has 194 valence electrons. The maximum absolute atomic E-state index is 12.6. The summed E-state index contributed by atoms with van der Waals surface area (Å²) in [4.78, 5) is 40.3. The lowest BCUT2D eigenvalue weighted by Gasteiger charge is -2.09. The van der Waals surface area contributed by atoms with Gasteiger partial charge in [-0.1, -0.05) is 37.3 Å². The predicted octanol–water partition coefficient (Wildman–Crippen LogP) is 3.52. The highest BCUT2D eigenvalue weighted by molar-refractivity contribution is 7.90. The van der Waals surface area contributed by atoms with Crippen molar-refractivity contribution in [3.05, 3.63) is 95.3 Å². The molecule has 0 saturated heterocycles. The standard InChI is InChI=1S/C27H29N3O6S/c1-2-18-36-27(33)24-16-13-22(19-29-24)26(32)30-37(34,35)23-14-11-21(12-15-23)25(31)28-17-7-6-10-20-8-4-3-5-9-20/h3-5,8-9,11-16,19H,2,6-7,10,17-18H2,1H3,(H,28,31)(H,30,32). The normalized spacial score (nSPS) is 10.9. The molecule has 0 bridgehead atoms. The Kier molecular flexibility index (Phi) is 9.91. The van der Waals surface area contributed by atoms with Crippen LogP contribution >= 0.6 is 0 Å². The van der Waals surface area contributed by atoms with E-state index in [0.29, 0.717) is 18.5 Å². The van der Waals surface area contributed by atoms with E-state index in [1.54, 1.807) is 0 Å². The molecule has 0 unspecified atom stereocenters. The molecule has 3 rings (SSSR count). The van der Waals surface area contributed by atoms with Gasteiger partial charge >= 0.3 is 5.97 Å². The number of amides is 2. The third kappa shape index (κ3) is 8.25. The van der Waals surface area contributed by atoms with Crippen molar-refractivity contribution in [3.63, 3.8) is 0 Å². The maximum Gasteiger partial charge on any atom is 0.356 e. The Morgan fingerprint density at radius 2 is 1.57 bits per heavy atom. The Hall–Kier alpha value is -4.05. The predicted molar refractivity (Wildman–Crippen MR) is 138 cm³/mol. The minimum absolute atomic E-state index is 0.0120. The molecule has 2 N–H and O–H groups in total. The Balaban J connectivity index is 1.50. The molecular weight excluding hydrogens is 494 g/mol. The summed E-state index contributed by atoms with van der Waals surface area (Å²) < 4.78 is 32.2. The highest BCUT2D eigenvalue weighted by Crippen LogP contribution is 2.12. The summed E-state index contributed by atoms with van der Waals surface area (Å²) in [6.45, 7) is 2.60. The van der Waals surface area contributed by atoms with Crippen LogP contribution in [-0.4, -0.2) is 44.3 Å². The molecule has 0 aliphatic heterocycles. The second kappa shape index (κ2) is 13.3. The van der Waals surface area contributed by atoms with Crippen molar-refractivity contribution in [3.8, 4) is 0 Å². The lowest BCUT2D eigenvalue weighted by molar-refractivity contribution is 0.0497. The summed E-state index contributed by atoms with van der Waals surface area (Å²) in [5.41, 5.74) is 1.53. The number of carbonyl (C=O) groups is 3. The molecule has 0 saturated carbocycles. The Morgan fingerprint density at radius 3 is 2.22 bits per heavy atom. The number of aromatic nitrogens is 1. The summed E-state index contributed by atoms with van der Waals surface area (Å²) in [5.74, 6) is -1.84. The van der Waals surface area contributed by atoms with E-state index in [1.807, 2.05) is 29.8 Å². The average Bonchev–Trinajstić information content (AvgIpc) is 2.92. The molecule has 9 nitrogen and oxygen atoms in total. The van der Waals surface area contributed by atoms with Gasteiger partial charge in [0, 0.05) is 18.3 Å². The molecule has 0 aliphatic rings. The van der Waals surface area contributed by atoms with E-state index >= 15 is 0 Å². The van der Waals surface area contributed by atoms with Gasteiger partial charge in [0.15, 0.2) is 0 Å². The molecular formula is C27H29N3O6S. The summed E-state index contributed by atoms with van der Waals surface area (Å²) in [7, 11) is -4.19. The fraction of sp³-hybridized carbons (Fsp3) is 0.259. The largest absolute Gasteiger partial charge is 0.461 e. The first-order chi connectivity index (χ1) is 17.8. The van der Waals surface area contributed by atoms with Crippen molar-refractivity contribution < 1.29 is 27.5 Å². The Morgan fingerprint density at radius 1 is 0.865 bits per heavy atom. The highest BCUT2D eigenvalue weighted by Gasteiger charge is 2.20. The topological polar surface area (TPSA) is 132 Å². The minimum atomic E-state index is -4.19. The zero-order chi connectivity index (χ0) is 26.7. The van der Waals surface area contributed by atoms with E-state index in [4.69, 9.17) is 4.74 Å². The van der Waals surface area contributed by atoms with E-state index < -0.39 is 21.9 Å². The monoisotopic (exact) mass is 523 g/mol. The third-order valence-electron chi connectivity index (χ3n) is 5.35. The van der Waals surface area contributed by atoms with Crippen molar-refractivity contribution in [2.45, 2.75) is 37.5 Å². The molecule has 3 aromatic rings. The quantitative estimate of drug-likeness (QED) is 0.274. The second-order valence-electron chi connectivity index (χ2n) is 8.23. The van der Waals surface area contributed by atoms with Crippen LogP contribution in [-0.2, 0) is 21.2 Å². The van der Waals surface area contributed by atoms with Gasteiger partial charge in [0.25, 0.3) is 21.8 Å². The molecule has 0 fully saturated rings. The van der Waals surface area contributed by atoms with Gasteiger partial charge in [-0.3, -0.25) is 9.59 Å². The number of hydrogen-bond donors (Lipinski definition) is 2. The van der Waals surface area contributed by atoms with E-state index in [-0.39, 0.29) is 28.7 Å². The lowest BCUT2D eigenvalue weighted by atomic mass is 10.1. The number of unbranched alkanes of at least 4 members (excludes halogenated alkanes) is 1. The second-order valence-corrected chi connectivity index (χ2v) is 9.91. The number of hydrogen-bond acceptors (Lipinski definition) is 7. The number of ether oxygens (including phenoxy) is 1. The van der Waals surface area contributed by atoms with Gasteiger partial charge in [-0.05, 0) is 67.6 Å². The fourth-order valence-corrected chi connectivity index (χ4v) is 4.32. The number of carbonyl (C=O) groups excluding carboxylic acids is 3. The number of nitrogens with one attached hydrogen (secondary N) is 2. The Labute approximate surface area is 216 Å². The van der Waals surface area contributed by atoms with Gasteiger partial charge in [-0.2, -0.15) is 0 Å². The molecule has 0 spiro atoms. The Bertz CT molecular complexity index is 1310. The van der Waals surface area contributed by atoms with Crippen molar-refractivity contribution in [2.75, 3.05) is 13.2 Å². The lowest BCUT2D eigenvalue weighted by Crippen LogP contribution is -2.31. The molecule has 2 aromatic carbocycles. The summed E-state index contributed by atoms with van der Waals surface area (Å²) in [5, 5.41) is 2.82. The van der Waals surface area contributed by atoms with Gasteiger partial charge < -0.3 is 10.1 Å². The first-order valence-electron chi connectivity index (χ1n) is 11.9. The number of pyridine rings is 1. The minimum Gasteiger partial charge on any atom is -0.461 e. The smallest absolute Gasteiger partial charge is 0.356 e. The van der Waals surface area contributed by atoms with Gasteiger partial charge in [0.1, 0.15) is 5.69 Å². The molecule has 2 amide bonds. The highest BCUT2D eigenvalue weighted by atomic mass is 32.2. The van der Waals surface area contributed by atoms with Crippen LogP contribution in [0.1, 0.15) is 63.0 Å². The first-order valence-corrected chi connectivity index (χ1v) is 13.4. The van der Waals surface area contributed by atoms with E-state index in [2.05, 4.69) is 22.4 Å². The van der Waals surface area contributed by atoms with Crippen LogP contribution in [0.4, 0.5) is 0 Å². The zero-order valence-electron chi connectivity index (χ0n) is 20.5. The SMILES string of the molecule is CCCOC(=O)c1ccc(C(=O)NS(=O)(=O)c2ccc(C(=O)NCCCCc3ccccc3)cc2)cn1. The fourth-order valence-electron chi connectivity index (χ4n) is 3.35. The molecule has 0 atom stereocenters. The van der Waals surface area contributed by atoms with Crippen molar-refractivity contribution >= 4 is 27.8 Å². The van der Waals surface area contributed by atoms with E-state index in [0.717, 1.165) is 25.5 Å². The van der Waals surface area contributed by atoms with Crippen LogP contribution in [0.2, 0.25) is 0 Å². The molecule has 10 heteroatoms. The van der Waals surface area contributed by atoms with Crippen molar-refractivity contribution in [1.29, 1.82) is 0 Å². The maximum atomic E-state index is 12.6. The van der Waals surface area contributed by atoms with Crippen LogP contribution < -0.4 is 10.0 Å². The van der Waals surface area contributed by atoms with Crippen LogP contribution in [0, 0.1) is 0 Å². The van der Waals surface area contributed by atoms with Crippen LogP contribution in [0.15, 0.2) is 77.8 Å². The van der Waals surface area contributed by atoms with Gasteiger partial charge in [0.05, 0.1) is 17.1 Å². The first kappa shape index (κ1) is 27.5. The number of rotatable bonds is 12. The summed E-state index contributed by atoms with van der Waals surface area (Å²) >= 11 is 0. The summed E-state index contributed by atoms with van der Waals surface area (Å²) in [6.07, 6.45) is 4.43. The molecule has 0 aliphatic carbocycles. The van der Waals surface area contributed by atoms with Crippen LogP contribution in [0.25, 0.3) is 0 Å². The molecule has 37 heavy (non-hydrogen) atoms. The van der Waals surface area contributed by atoms with Crippen LogP contribution in [0.5, 0.6) is 0 Å². The van der Waals surface area contributed by atoms with Gasteiger partial charge in [0.2, 0.25) is 0 Å². The average molecular weight is 524 g/mol. The van der Waals surface area contributed by atoms with Crippen molar-refractivity contribution in [2.24, 2.45) is 0 Å². The molecule has 1 heterocycles. The number of nitrogens with zero attached hydrogens (tertiary/aromatic N) is 1. The van der Waals surface area contributed by atoms with Crippen molar-refractivity contribution in [1.82, 2.24) is 15.0 Å².